The highest BCUT2D eigenvalue weighted by molar-refractivity contribution is 7.09. The van der Waals surface area contributed by atoms with Gasteiger partial charge in [0.15, 0.2) is 5.76 Å². The first kappa shape index (κ1) is 12.2. The minimum atomic E-state index is 0.362. The van der Waals surface area contributed by atoms with Gasteiger partial charge in [-0.2, -0.15) is 4.98 Å². The summed E-state index contributed by atoms with van der Waals surface area (Å²) in [5, 5.41) is 7.62. The Labute approximate surface area is 123 Å². The molecule has 0 amide bonds. The molecule has 2 N–H and O–H groups in total. The van der Waals surface area contributed by atoms with Crippen molar-refractivity contribution in [1.82, 2.24) is 15.1 Å². The number of aromatic nitrogens is 3. The largest absolute Gasteiger partial charge is 0.453 e. The Hall–Kier alpha value is -2.51. The lowest BCUT2D eigenvalue weighted by atomic mass is 10.2. The molecule has 4 aromatic rings. The third-order valence-corrected chi connectivity index (χ3v) is 3.89. The van der Waals surface area contributed by atoms with Crippen LogP contribution >= 0.6 is 11.3 Å². The van der Waals surface area contributed by atoms with Crippen LogP contribution in [0.5, 0.6) is 0 Å². The summed E-state index contributed by atoms with van der Waals surface area (Å²) < 4.78 is 10.9. The highest BCUT2D eigenvalue weighted by atomic mass is 32.1. The van der Waals surface area contributed by atoms with Crippen LogP contribution in [-0.4, -0.2) is 15.1 Å². The molecule has 0 fully saturated rings. The SMILES string of the molecule is NCc1nc(-c2nc(-c3cc4ccccc4o3)no2)cs1. The fourth-order valence-corrected chi connectivity index (χ4v) is 2.67. The van der Waals surface area contributed by atoms with Crippen molar-refractivity contribution in [3.63, 3.8) is 0 Å². The molecule has 0 aliphatic rings. The molecule has 104 valence electrons. The summed E-state index contributed by atoms with van der Waals surface area (Å²) in [4.78, 5) is 8.64. The second-order valence-corrected chi connectivity index (χ2v) is 5.34. The molecule has 1 aromatic carbocycles. The van der Waals surface area contributed by atoms with E-state index < -0.39 is 0 Å². The molecule has 4 rings (SSSR count). The average Bonchev–Trinajstić information content (AvgIpc) is 3.24. The smallest absolute Gasteiger partial charge is 0.277 e. The molecular weight excluding hydrogens is 288 g/mol. The molecule has 7 heteroatoms. The molecule has 0 saturated heterocycles. The Morgan fingerprint density at radius 2 is 2.10 bits per heavy atom. The predicted molar refractivity (Wildman–Crippen MR) is 78.5 cm³/mol. The Morgan fingerprint density at radius 3 is 2.90 bits per heavy atom. The number of rotatable bonds is 3. The summed E-state index contributed by atoms with van der Waals surface area (Å²) in [6, 6.07) is 9.62. The van der Waals surface area contributed by atoms with Gasteiger partial charge in [-0.15, -0.1) is 11.3 Å². The summed E-state index contributed by atoms with van der Waals surface area (Å²) in [5.41, 5.74) is 6.97. The summed E-state index contributed by atoms with van der Waals surface area (Å²) >= 11 is 1.47. The van der Waals surface area contributed by atoms with E-state index in [2.05, 4.69) is 15.1 Å². The van der Waals surface area contributed by atoms with Gasteiger partial charge in [0.05, 0.1) is 0 Å². The van der Waals surface area contributed by atoms with Crippen LogP contribution in [-0.2, 0) is 6.54 Å². The molecule has 0 unspecified atom stereocenters. The van der Waals surface area contributed by atoms with E-state index in [1.54, 1.807) is 0 Å². The zero-order valence-electron chi connectivity index (χ0n) is 10.8. The molecule has 0 aliphatic carbocycles. The highest BCUT2D eigenvalue weighted by Gasteiger charge is 2.16. The molecule has 0 aliphatic heterocycles. The van der Waals surface area contributed by atoms with Gasteiger partial charge in [-0.3, -0.25) is 0 Å². The summed E-state index contributed by atoms with van der Waals surface area (Å²) in [6.07, 6.45) is 0. The quantitative estimate of drug-likeness (QED) is 0.625. The summed E-state index contributed by atoms with van der Waals surface area (Å²) in [5.74, 6) is 1.34. The molecule has 21 heavy (non-hydrogen) atoms. The number of hydrogen-bond acceptors (Lipinski definition) is 7. The maximum atomic E-state index is 5.71. The van der Waals surface area contributed by atoms with Crippen LogP contribution < -0.4 is 5.73 Å². The van der Waals surface area contributed by atoms with Crippen molar-refractivity contribution in [2.24, 2.45) is 5.73 Å². The van der Waals surface area contributed by atoms with Crippen LogP contribution in [0.4, 0.5) is 0 Å². The zero-order chi connectivity index (χ0) is 14.2. The van der Waals surface area contributed by atoms with E-state index in [0.717, 1.165) is 16.0 Å². The highest BCUT2D eigenvalue weighted by Crippen LogP contribution is 2.28. The van der Waals surface area contributed by atoms with Crippen molar-refractivity contribution in [2.45, 2.75) is 6.54 Å². The lowest BCUT2D eigenvalue weighted by Crippen LogP contribution is -1.94. The fourth-order valence-electron chi connectivity index (χ4n) is 2.02. The third kappa shape index (κ3) is 2.12. The number of thiazole rings is 1. The first-order chi connectivity index (χ1) is 10.3. The van der Waals surface area contributed by atoms with E-state index in [4.69, 9.17) is 14.7 Å². The van der Waals surface area contributed by atoms with E-state index in [-0.39, 0.29) is 0 Å². The van der Waals surface area contributed by atoms with E-state index in [1.165, 1.54) is 11.3 Å². The van der Waals surface area contributed by atoms with Crippen molar-refractivity contribution in [3.05, 3.63) is 40.7 Å². The van der Waals surface area contributed by atoms with Gasteiger partial charge in [-0.05, 0) is 12.1 Å². The number of nitrogens with zero attached hydrogens (tertiary/aromatic N) is 3. The van der Waals surface area contributed by atoms with Gasteiger partial charge in [-0.25, -0.2) is 4.98 Å². The standard InChI is InChI=1S/C14H10N4O2S/c15-6-12-16-9(7-21-12)14-17-13(18-20-14)11-5-8-3-1-2-4-10(8)19-11/h1-5,7H,6,15H2. The van der Waals surface area contributed by atoms with Crippen LogP contribution in [0.3, 0.4) is 0 Å². The normalized spacial score (nSPS) is 11.3. The Balaban J connectivity index is 1.73. The Morgan fingerprint density at radius 1 is 1.19 bits per heavy atom. The molecule has 3 aromatic heterocycles. The third-order valence-electron chi connectivity index (χ3n) is 3.02. The topological polar surface area (TPSA) is 91.0 Å². The zero-order valence-corrected chi connectivity index (χ0v) is 11.6. The van der Waals surface area contributed by atoms with Crippen molar-refractivity contribution in [3.8, 4) is 23.2 Å². The maximum absolute atomic E-state index is 5.71. The first-order valence-electron chi connectivity index (χ1n) is 6.31. The van der Waals surface area contributed by atoms with Gasteiger partial charge in [0.2, 0.25) is 5.82 Å². The van der Waals surface area contributed by atoms with E-state index in [0.29, 0.717) is 29.7 Å². The number of hydrogen-bond donors (Lipinski definition) is 1. The molecule has 6 nitrogen and oxygen atoms in total. The van der Waals surface area contributed by atoms with Gasteiger partial charge >= 0.3 is 0 Å². The van der Waals surface area contributed by atoms with Gasteiger partial charge in [0.25, 0.3) is 5.89 Å². The Kier molecular flexibility index (Phi) is 2.80. The monoisotopic (exact) mass is 298 g/mol. The molecule has 0 radical (unpaired) electrons. The van der Waals surface area contributed by atoms with Crippen LogP contribution in [0.25, 0.3) is 34.1 Å². The van der Waals surface area contributed by atoms with E-state index in [1.807, 2.05) is 35.7 Å². The average molecular weight is 298 g/mol. The number of fused-ring (bicyclic) bond motifs is 1. The lowest BCUT2D eigenvalue weighted by molar-refractivity contribution is 0.429. The van der Waals surface area contributed by atoms with Crippen molar-refractivity contribution in [2.75, 3.05) is 0 Å². The summed E-state index contributed by atoms with van der Waals surface area (Å²) in [6.45, 7) is 0.398. The van der Waals surface area contributed by atoms with Crippen molar-refractivity contribution >= 4 is 22.3 Å². The Bertz CT molecular complexity index is 875. The number of nitrogens with two attached hydrogens (primary N) is 1. The number of benzene rings is 1. The second kappa shape index (κ2) is 4.80. The predicted octanol–water partition coefficient (Wildman–Crippen LogP) is 3.07. The minimum absolute atomic E-state index is 0.362. The van der Waals surface area contributed by atoms with Gasteiger partial charge in [0.1, 0.15) is 16.3 Å². The first-order valence-corrected chi connectivity index (χ1v) is 7.19. The molecule has 0 atom stereocenters. The van der Waals surface area contributed by atoms with Crippen LogP contribution in [0.1, 0.15) is 5.01 Å². The van der Waals surface area contributed by atoms with Crippen molar-refractivity contribution in [1.29, 1.82) is 0 Å². The van der Waals surface area contributed by atoms with Gasteiger partial charge in [0, 0.05) is 17.3 Å². The second-order valence-electron chi connectivity index (χ2n) is 4.40. The van der Waals surface area contributed by atoms with Crippen LogP contribution in [0, 0.1) is 0 Å². The molecule has 3 heterocycles. The van der Waals surface area contributed by atoms with Crippen LogP contribution in [0.2, 0.25) is 0 Å². The van der Waals surface area contributed by atoms with Crippen molar-refractivity contribution < 1.29 is 8.94 Å². The van der Waals surface area contributed by atoms with Gasteiger partial charge in [-0.1, -0.05) is 23.4 Å². The number of furan rings is 1. The summed E-state index contributed by atoms with van der Waals surface area (Å²) in [7, 11) is 0. The molecule has 0 spiro atoms. The minimum Gasteiger partial charge on any atom is -0.453 e. The molecule has 0 saturated carbocycles. The maximum Gasteiger partial charge on any atom is 0.277 e. The van der Waals surface area contributed by atoms with E-state index >= 15 is 0 Å². The number of para-hydroxylation sites is 1. The lowest BCUT2D eigenvalue weighted by Gasteiger charge is -1.85. The molecular formula is C14H10N4O2S. The van der Waals surface area contributed by atoms with E-state index in [9.17, 15) is 0 Å². The van der Waals surface area contributed by atoms with Gasteiger partial charge < -0.3 is 14.7 Å². The molecule has 0 bridgehead atoms. The van der Waals surface area contributed by atoms with Crippen LogP contribution in [0.15, 0.2) is 44.7 Å². The fraction of sp³-hybridized carbons (Fsp3) is 0.0714.